The largest absolute Gasteiger partial charge is 0.397 e. The zero-order valence-electron chi connectivity index (χ0n) is 17.8. The lowest BCUT2D eigenvalue weighted by Gasteiger charge is -2.07. The zero-order valence-corrected chi connectivity index (χ0v) is 21.1. The second kappa shape index (κ2) is 8.93. The molecule has 4 aromatic rings. The molecule has 0 fully saturated rings. The van der Waals surface area contributed by atoms with Crippen molar-refractivity contribution < 1.29 is 8.78 Å². The van der Waals surface area contributed by atoms with Gasteiger partial charge in [0, 0.05) is 56.9 Å². The van der Waals surface area contributed by atoms with Crippen LogP contribution in [0.5, 0.6) is 0 Å². The summed E-state index contributed by atoms with van der Waals surface area (Å²) in [6.07, 6.45) is 0. The average molecular weight is 549 g/mol. The minimum Gasteiger partial charge on any atom is -0.397 e. The number of fused-ring (bicyclic) bond motifs is 3. The first-order valence-electron chi connectivity index (χ1n) is 10.0. The number of nitrogens with zero attached hydrogens (tertiary/aromatic N) is 4. The average Bonchev–Trinajstić information content (AvgIpc) is 3.53. The Labute approximate surface area is 222 Å². The van der Waals surface area contributed by atoms with Crippen LogP contribution in [0.15, 0.2) is 50.7 Å². The van der Waals surface area contributed by atoms with Gasteiger partial charge in [-0.05, 0) is 36.4 Å². The Hall–Kier alpha value is -3.94. The fourth-order valence-corrected chi connectivity index (χ4v) is 7.08. The molecule has 0 saturated carbocycles. The molecule has 0 aliphatic heterocycles. The molecule has 0 atom stereocenters. The van der Waals surface area contributed by atoms with Gasteiger partial charge in [-0.25, -0.2) is 8.78 Å². The molecular weight excluding hydrogens is 539 g/mol. The van der Waals surface area contributed by atoms with E-state index in [0.29, 0.717) is 36.9 Å². The van der Waals surface area contributed by atoms with Crippen molar-refractivity contribution in [2.45, 2.75) is 0 Å². The van der Waals surface area contributed by atoms with E-state index in [1.165, 1.54) is 40.9 Å². The van der Waals surface area contributed by atoms with Gasteiger partial charge in [0.15, 0.2) is 0 Å². The number of nitrogen functional groups attached to an aromatic ring is 2. The molecule has 4 N–H and O–H groups in total. The number of benzene rings is 2. The maximum absolute atomic E-state index is 14.9. The molecule has 2 heterocycles. The van der Waals surface area contributed by atoms with E-state index in [9.17, 15) is 19.3 Å². The van der Waals surface area contributed by atoms with Crippen molar-refractivity contribution in [3.8, 4) is 42.8 Å². The SMILES string of the molecule is N#CC(C#N)=C1c2cc(-c3cc(F)cc(N)c3N=S)sc2-c2sc(-c3c(F)ccc(N)c3N=S)cc21. The maximum Gasteiger partial charge on any atom is 0.138 e. The summed E-state index contributed by atoms with van der Waals surface area (Å²) in [6.45, 7) is 0. The minimum absolute atomic E-state index is 0.0931. The molecule has 0 radical (unpaired) electrons. The molecule has 2 aromatic carbocycles. The van der Waals surface area contributed by atoms with Crippen LogP contribution in [0.1, 0.15) is 11.1 Å². The van der Waals surface area contributed by atoms with E-state index in [-0.39, 0.29) is 33.9 Å². The standard InChI is InChI=1S/C24H10F2N6S4/c25-10-3-11(21(31-33)16(30)4-10)17-5-12-19(9(7-27)8-28)13-6-18(36-24(13)23(12)35-17)20-14(26)1-2-15(29)22(20)32-34/h1-6H,29-30H2. The molecule has 0 unspecified atom stereocenters. The zero-order chi connectivity index (χ0) is 25.7. The Morgan fingerprint density at radius 1 is 0.806 bits per heavy atom. The van der Waals surface area contributed by atoms with Crippen molar-refractivity contribution in [3.05, 3.63) is 64.7 Å². The summed E-state index contributed by atoms with van der Waals surface area (Å²) in [5, 5.41) is 19.4. The van der Waals surface area contributed by atoms with Crippen molar-refractivity contribution in [2.24, 2.45) is 8.73 Å². The summed E-state index contributed by atoms with van der Waals surface area (Å²) in [5.41, 5.74) is 14.6. The summed E-state index contributed by atoms with van der Waals surface area (Å²) in [6, 6.07) is 12.4. The number of hydrogen-bond donors (Lipinski definition) is 2. The van der Waals surface area contributed by atoms with Gasteiger partial charge in [-0.15, -0.1) is 22.7 Å². The molecule has 174 valence electrons. The van der Waals surface area contributed by atoms with Crippen LogP contribution in [0, 0.1) is 34.3 Å². The summed E-state index contributed by atoms with van der Waals surface area (Å²) in [4.78, 5) is 2.53. The quantitative estimate of drug-likeness (QED) is 0.182. The van der Waals surface area contributed by atoms with Gasteiger partial charge in [-0.1, -0.05) is 0 Å². The van der Waals surface area contributed by atoms with Gasteiger partial charge in [-0.3, -0.25) is 0 Å². The summed E-state index contributed by atoms with van der Waals surface area (Å²) in [5.74, 6) is -1.11. The number of nitriles is 2. The second-order valence-electron chi connectivity index (χ2n) is 7.61. The van der Waals surface area contributed by atoms with E-state index in [4.69, 9.17) is 36.3 Å². The molecule has 0 amide bonds. The number of thiophene rings is 2. The highest BCUT2D eigenvalue weighted by Crippen LogP contribution is 2.58. The first-order chi connectivity index (χ1) is 17.3. The van der Waals surface area contributed by atoms with Gasteiger partial charge in [0.2, 0.25) is 0 Å². The predicted octanol–water partition coefficient (Wildman–Crippen LogP) is 7.14. The third kappa shape index (κ3) is 3.51. The Morgan fingerprint density at radius 3 is 2.03 bits per heavy atom. The molecule has 0 bridgehead atoms. The monoisotopic (exact) mass is 548 g/mol. The smallest absolute Gasteiger partial charge is 0.138 e. The van der Waals surface area contributed by atoms with Crippen LogP contribution < -0.4 is 11.5 Å². The molecule has 1 aliphatic rings. The lowest BCUT2D eigenvalue weighted by Crippen LogP contribution is -1.91. The van der Waals surface area contributed by atoms with Gasteiger partial charge < -0.3 is 11.5 Å². The lowest BCUT2D eigenvalue weighted by atomic mass is 9.99. The van der Waals surface area contributed by atoms with E-state index in [2.05, 4.69) is 8.73 Å². The predicted molar refractivity (Wildman–Crippen MR) is 143 cm³/mol. The molecule has 12 heteroatoms. The molecule has 2 aromatic heterocycles. The fraction of sp³-hybridized carbons (Fsp3) is 0. The third-order valence-electron chi connectivity index (χ3n) is 5.64. The van der Waals surface area contributed by atoms with E-state index in [1.807, 2.05) is 12.1 Å². The van der Waals surface area contributed by atoms with Crippen LogP contribution in [0.25, 0.3) is 36.2 Å². The Balaban J connectivity index is 1.80. The van der Waals surface area contributed by atoms with E-state index in [0.717, 1.165) is 10.9 Å². The van der Waals surface area contributed by atoms with Crippen LogP contribution in [-0.4, -0.2) is 0 Å². The van der Waals surface area contributed by atoms with E-state index in [1.54, 1.807) is 12.1 Å². The molecule has 5 rings (SSSR count). The Bertz CT molecular complexity index is 1740. The fourth-order valence-electron chi connectivity index (χ4n) is 4.12. The number of nitrogens with two attached hydrogens (primary N) is 2. The normalized spacial score (nSPS) is 11.4. The highest BCUT2D eigenvalue weighted by Gasteiger charge is 2.33. The Kier molecular flexibility index (Phi) is 5.90. The first kappa shape index (κ1) is 23.8. The molecular formula is C24H10F2N6S4. The van der Waals surface area contributed by atoms with Crippen molar-refractivity contribution in [1.82, 2.24) is 0 Å². The molecule has 36 heavy (non-hydrogen) atoms. The first-order valence-corrected chi connectivity index (χ1v) is 12.4. The van der Waals surface area contributed by atoms with Crippen LogP contribution in [0.2, 0.25) is 0 Å². The minimum atomic E-state index is -0.557. The summed E-state index contributed by atoms with van der Waals surface area (Å²) < 4.78 is 36.6. The van der Waals surface area contributed by atoms with Gasteiger partial charge in [0.1, 0.15) is 40.7 Å². The number of hydrogen-bond acceptors (Lipinski definition) is 10. The Morgan fingerprint density at radius 2 is 1.42 bits per heavy atom. The molecule has 6 nitrogen and oxygen atoms in total. The van der Waals surface area contributed by atoms with Gasteiger partial charge >= 0.3 is 0 Å². The number of rotatable bonds is 4. The van der Waals surface area contributed by atoms with Crippen molar-refractivity contribution in [1.29, 1.82) is 10.5 Å². The number of halogens is 2. The van der Waals surface area contributed by atoms with Gasteiger partial charge in [-0.2, -0.15) is 19.2 Å². The summed E-state index contributed by atoms with van der Waals surface area (Å²) >= 11 is 12.2. The van der Waals surface area contributed by atoms with E-state index < -0.39 is 11.6 Å². The van der Waals surface area contributed by atoms with Crippen molar-refractivity contribution >= 4 is 75.8 Å². The van der Waals surface area contributed by atoms with Crippen LogP contribution in [0.4, 0.5) is 31.5 Å². The summed E-state index contributed by atoms with van der Waals surface area (Å²) in [7, 11) is 0. The molecule has 1 aliphatic carbocycles. The van der Waals surface area contributed by atoms with Gasteiger partial charge in [0.25, 0.3) is 0 Å². The molecule has 0 spiro atoms. The third-order valence-corrected chi connectivity index (χ3v) is 8.49. The number of anilines is 2. The topological polar surface area (TPSA) is 124 Å². The second-order valence-corrected chi connectivity index (χ2v) is 10.1. The van der Waals surface area contributed by atoms with E-state index >= 15 is 0 Å². The highest BCUT2D eigenvalue weighted by atomic mass is 32.1. The van der Waals surface area contributed by atoms with Crippen LogP contribution >= 0.6 is 22.7 Å². The van der Waals surface area contributed by atoms with Crippen molar-refractivity contribution in [3.63, 3.8) is 0 Å². The van der Waals surface area contributed by atoms with Crippen molar-refractivity contribution in [2.75, 3.05) is 11.5 Å². The maximum atomic E-state index is 14.9. The lowest BCUT2D eigenvalue weighted by molar-refractivity contribution is 0.629. The number of allylic oxidation sites excluding steroid dienone is 1. The van der Waals surface area contributed by atoms with Gasteiger partial charge in [0.05, 0.1) is 26.7 Å². The molecule has 0 saturated heterocycles. The van der Waals surface area contributed by atoms with Crippen LogP contribution in [0.3, 0.4) is 0 Å². The highest BCUT2D eigenvalue weighted by molar-refractivity contribution is 7.47. The van der Waals surface area contributed by atoms with Crippen LogP contribution in [-0.2, 0) is 24.9 Å².